The summed E-state index contributed by atoms with van der Waals surface area (Å²) in [6.45, 7) is 4.16. The van der Waals surface area contributed by atoms with Crippen LogP contribution in [0.1, 0.15) is 25.2 Å². The second-order valence-corrected chi connectivity index (χ2v) is 6.54. The van der Waals surface area contributed by atoms with Gasteiger partial charge in [-0.1, -0.05) is 28.9 Å². The third-order valence-corrected chi connectivity index (χ3v) is 4.79. The summed E-state index contributed by atoms with van der Waals surface area (Å²) in [7, 11) is 0. The van der Waals surface area contributed by atoms with Gasteiger partial charge in [0.15, 0.2) is 0 Å². The second kappa shape index (κ2) is 7.33. The third kappa shape index (κ3) is 3.24. The highest BCUT2D eigenvalue weighted by atomic mass is 35.5. The Morgan fingerprint density at radius 2 is 2.15 bits per heavy atom. The van der Waals surface area contributed by atoms with Crippen LogP contribution in [-0.4, -0.2) is 34.8 Å². The van der Waals surface area contributed by atoms with Gasteiger partial charge in [-0.25, -0.2) is 4.98 Å². The minimum atomic E-state index is 0.180. The SMILES string of the molecule is CCOc1ncccc1-c1noc(C2CCN(c3ccccc3Cl)C2)n1. The van der Waals surface area contributed by atoms with Gasteiger partial charge in [0.05, 0.1) is 28.8 Å². The zero-order valence-electron chi connectivity index (χ0n) is 14.4. The number of benzene rings is 1. The van der Waals surface area contributed by atoms with Crippen LogP contribution >= 0.6 is 11.6 Å². The molecule has 1 aromatic carbocycles. The molecule has 3 heterocycles. The number of anilines is 1. The Hall–Kier alpha value is -2.60. The molecule has 0 bridgehead atoms. The Labute approximate surface area is 156 Å². The summed E-state index contributed by atoms with van der Waals surface area (Å²) in [5.41, 5.74) is 1.78. The van der Waals surface area contributed by atoms with Crippen molar-refractivity contribution in [2.75, 3.05) is 24.6 Å². The van der Waals surface area contributed by atoms with Crippen molar-refractivity contribution >= 4 is 17.3 Å². The number of hydrogen-bond acceptors (Lipinski definition) is 6. The van der Waals surface area contributed by atoms with Crippen LogP contribution < -0.4 is 9.64 Å². The predicted molar refractivity (Wildman–Crippen MR) is 99.7 cm³/mol. The van der Waals surface area contributed by atoms with Crippen molar-refractivity contribution in [3.8, 4) is 17.3 Å². The first-order valence-electron chi connectivity index (χ1n) is 8.67. The molecular formula is C19H19ClN4O2. The van der Waals surface area contributed by atoms with Crippen molar-refractivity contribution in [3.63, 3.8) is 0 Å². The summed E-state index contributed by atoms with van der Waals surface area (Å²) in [5.74, 6) is 1.85. The Balaban J connectivity index is 1.54. The van der Waals surface area contributed by atoms with Crippen molar-refractivity contribution in [2.45, 2.75) is 19.3 Å². The maximum Gasteiger partial charge on any atom is 0.231 e. The number of hydrogen-bond donors (Lipinski definition) is 0. The minimum Gasteiger partial charge on any atom is -0.477 e. The Morgan fingerprint density at radius 3 is 3.00 bits per heavy atom. The van der Waals surface area contributed by atoms with Gasteiger partial charge >= 0.3 is 0 Å². The van der Waals surface area contributed by atoms with E-state index in [9.17, 15) is 0 Å². The van der Waals surface area contributed by atoms with Crippen LogP contribution in [-0.2, 0) is 0 Å². The summed E-state index contributed by atoms with van der Waals surface area (Å²) in [5, 5.41) is 4.90. The third-order valence-electron chi connectivity index (χ3n) is 4.47. The fourth-order valence-corrected chi connectivity index (χ4v) is 3.47. The van der Waals surface area contributed by atoms with Crippen LogP contribution in [0.2, 0.25) is 5.02 Å². The summed E-state index contributed by atoms with van der Waals surface area (Å²) >= 11 is 6.32. The Morgan fingerprint density at radius 1 is 1.27 bits per heavy atom. The second-order valence-electron chi connectivity index (χ2n) is 6.13. The van der Waals surface area contributed by atoms with E-state index >= 15 is 0 Å². The van der Waals surface area contributed by atoms with E-state index in [4.69, 9.17) is 20.9 Å². The lowest BCUT2D eigenvalue weighted by molar-refractivity contribution is 0.327. The average Bonchev–Trinajstić information content (AvgIpc) is 3.32. The van der Waals surface area contributed by atoms with Gasteiger partial charge < -0.3 is 14.2 Å². The Bertz CT molecular complexity index is 899. The molecule has 1 aliphatic rings. The number of rotatable bonds is 5. The Kier molecular flexibility index (Phi) is 4.75. The van der Waals surface area contributed by atoms with Gasteiger partial charge in [0.2, 0.25) is 17.6 Å². The van der Waals surface area contributed by atoms with Crippen LogP contribution in [0.25, 0.3) is 11.4 Å². The number of nitrogens with zero attached hydrogens (tertiary/aromatic N) is 4. The maximum atomic E-state index is 6.32. The molecule has 1 aliphatic heterocycles. The molecule has 134 valence electrons. The molecule has 0 radical (unpaired) electrons. The molecule has 2 aromatic heterocycles. The topological polar surface area (TPSA) is 64.3 Å². The van der Waals surface area contributed by atoms with Crippen molar-refractivity contribution < 1.29 is 9.26 Å². The molecule has 26 heavy (non-hydrogen) atoms. The lowest BCUT2D eigenvalue weighted by atomic mass is 10.1. The van der Waals surface area contributed by atoms with Gasteiger partial charge in [0.25, 0.3) is 0 Å². The molecule has 0 amide bonds. The van der Waals surface area contributed by atoms with Crippen LogP contribution in [0, 0.1) is 0 Å². The number of para-hydroxylation sites is 1. The normalized spacial score (nSPS) is 16.8. The maximum absolute atomic E-state index is 6.32. The fraction of sp³-hybridized carbons (Fsp3) is 0.316. The van der Waals surface area contributed by atoms with Crippen LogP contribution in [0.15, 0.2) is 47.1 Å². The van der Waals surface area contributed by atoms with Crippen molar-refractivity contribution in [1.29, 1.82) is 0 Å². The molecule has 0 spiro atoms. The number of ether oxygens (including phenoxy) is 1. The summed E-state index contributed by atoms with van der Waals surface area (Å²) < 4.78 is 11.1. The number of aromatic nitrogens is 3. The van der Waals surface area contributed by atoms with Gasteiger partial charge in [-0.15, -0.1) is 0 Å². The molecular weight excluding hydrogens is 352 g/mol. The van der Waals surface area contributed by atoms with E-state index in [2.05, 4.69) is 20.0 Å². The van der Waals surface area contributed by atoms with Crippen molar-refractivity contribution in [2.24, 2.45) is 0 Å². The van der Waals surface area contributed by atoms with Gasteiger partial charge in [0.1, 0.15) is 0 Å². The van der Waals surface area contributed by atoms with Gasteiger partial charge in [-0.3, -0.25) is 0 Å². The van der Waals surface area contributed by atoms with Crippen LogP contribution in [0.3, 0.4) is 0 Å². The molecule has 1 saturated heterocycles. The lowest BCUT2D eigenvalue weighted by Gasteiger charge is -2.19. The molecule has 3 aromatic rings. The highest BCUT2D eigenvalue weighted by molar-refractivity contribution is 6.33. The fourth-order valence-electron chi connectivity index (χ4n) is 3.21. The average molecular weight is 371 g/mol. The first kappa shape index (κ1) is 16.8. The zero-order chi connectivity index (χ0) is 17.9. The molecule has 1 unspecified atom stereocenters. The molecule has 6 nitrogen and oxygen atoms in total. The number of pyridine rings is 1. The number of halogens is 1. The van der Waals surface area contributed by atoms with Crippen molar-refractivity contribution in [1.82, 2.24) is 15.1 Å². The molecule has 0 aliphatic carbocycles. The zero-order valence-corrected chi connectivity index (χ0v) is 15.2. The van der Waals surface area contributed by atoms with Gasteiger partial charge in [-0.05, 0) is 37.6 Å². The predicted octanol–water partition coefficient (Wildman–Crippen LogP) is 4.18. The molecule has 4 rings (SSSR count). The van der Waals surface area contributed by atoms with E-state index in [1.165, 1.54) is 0 Å². The van der Waals surface area contributed by atoms with Gasteiger partial charge in [0, 0.05) is 19.3 Å². The summed E-state index contributed by atoms with van der Waals surface area (Å²) in [6, 6.07) is 11.6. The van der Waals surface area contributed by atoms with E-state index in [1.54, 1.807) is 6.20 Å². The van der Waals surface area contributed by atoms with Crippen molar-refractivity contribution in [3.05, 3.63) is 53.5 Å². The highest BCUT2D eigenvalue weighted by Gasteiger charge is 2.30. The van der Waals surface area contributed by atoms with E-state index in [0.717, 1.165) is 35.8 Å². The summed E-state index contributed by atoms with van der Waals surface area (Å²) in [6.07, 6.45) is 2.63. The molecule has 7 heteroatoms. The minimum absolute atomic E-state index is 0.180. The lowest BCUT2D eigenvalue weighted by Crippen LogP contribution is -2.19. The first-order valence-corrected chi connectivity index (χ1v) is 9.05. The largest absolute Gasteiger partial charge is 0.477 e. The molecule has 0 N–H and O–H groups in total. The molecule has 1 atom stereocenters. The quantitative estimate of drug-likeness (QED) is 0.671. The van der Waals surface area contributed by atoms with E-state index in [0.29, 0.717) is 24.2 Å². The summed E-state index contributed by atoms with van der Waals surface area (Å²) in [4.78, 5) is 11.1. The van der Waals surface area contributed by atoms with E-state index in [-0.39, 0.29) is 5.92 Å². The van der Waals surface area contributed by atoms with Crippen LogP contribution in [0.4, 0.5) is 5.69 Å². The molecule has 0 saturated carbocycles. The van der Waals surface area contributed by atoms with Crippen LogP contribution in [0.5, 0.6) is 5.88 Å². The smallest absolute Gasteiger partial charge is 0.231 e. The van der Waals surface area contributed by atoms with E-state index in [1.807, 2.05) is 43.3 Å². The molecule has 1 fully saturated rings. The highest BCUT2D eigenvalue weighted by Crippen LogP contribution is 2.34. The van der Waals surface area contributed by atoms with Gasteiger partial charge in [-0.2, -0.15) is 4.98 Å². The standard InChI is InChI=1S/C19H19ClN4O2/c1-2-25-19-14(6-5-10-21-19)17-22-18(26-23-17)13-9-11-24(12-13)16-8-4-3-7-15(16)20/h3-8,10,13H,2,9,11-12H2,1H3. The monoisotopic (exact) mass is 370 g/mol. The first-order chi connectivity index (χ1) is 12.8. The van der Waals surface area contributed by atoms with E-state index < -0.39 is 0 Å².